The molecule has 30 heavy (non-hydrogen) atoms. The van der Waals surface area contributed by atoms with E-state index in [9.17, 15) is 14.4 Å². The first-order chi connectivity index (χ1) is 14.3. The number of anilines is 1. The number of ether oxygens (including phenoxy) is 1. The third-order valence-electron chi connectivity index (χ3n) is 4.57. The molecular weight excluding hydrogens is 382 g/mol. The standard InChI is InChI=1S/C23H29N3O4/c1-15(2)13-20(26-21(27)19-8-6-5-7-16(19)3)22(28)24-14-17-9-11-18(12-10-17)25-23(29)30-4/h5-12,15,20H,13-14H2,1-4H3,(H,24,28)(H,25,29)(H,26,27). The number of nitrogens with one attached hydrogen (secondary N) is 3. The highest BCUT2D eigenvalue weighted by Gasteiger charge is 2.23. The summed E-state index contributed by atoms with van der Waals surface area (Å²) in [5, 5.41) is 8.32. The second-order valence-corrected chi connectivity index (χ2v) is 7.50. The van der Waals surface area contributed by atoms with Crippen molar-refractivity contribution >= 4 is 23.6 Å². The van der Waals surface area contributed by atoms with Gasteiger partial charge in [-0.05, 0) is 48.6 Å². The average Bonchev–Trinajstić information content (AvgIpc) is 2.72. The van der Waals surface area contributed by atoms with Crippen molar-refractivity contribution < 1.29 is 19.1 Å². The zero-order chi connectivity index (χ0) is 22.1. The van der Waals surface area contributed by atoms with Crippen molar-refractivity contribution in [3.63, 3.8) is 0 Å². The Bertz CT molecular complexity index is 878. The average molecular weight is 412 g/mol. The minimum atomic E-state index is -0.627. The Balaban J connectivity index is 1.99. The molecule has 2 aromatic carbocycles. The van der Waals surface area contributed by atoms with Crippen molar-refractivity contribution in [2.45, 2.75) is 39.8 Å². The van der Waals surface area contributed by atoms with E-state index in [1.165, 1.54) is 7.11 Å². The van der Waals surface area contributed by atoms with Crippen LogP contribution in [0.15, 0.2) is 48.5 Å². The Kier molecular flexibility index (Phi) is 8.41. The number of benzene rings is 2. The molecule has 0 aromatic heterocycles. The maximum atomic E-state index is 12.8. The zero-order valence-corrected chi connectivity index (χ0v) is 17.8. The zero-order valence-electron chi connectivity index (χ0n) is 17.8. The Hall–Kier alpha value is -3.35. The number of aryl methyl sites for hydroxylation is 1. The molecule has 2 aromatic rings. The smallest absolute Gasteiger partial charge is 0.411 e. The van der Waals surface area contributed by atoms with Crippen LogP contribution in [-0.4, -0.2) is 31.1 Å². The Morgan fingerprint density at radius 1 is 1.00 bits per heavy atom. The van der Waals surface area contributed by atoms with Crippen molar-refractivity contribution in [1.82, 2.24) is 10.6 Å². The molecule has 0 aliphatic heterocycles. The molecule has 3 N–H and O–H groups in total. The van der Waals surface area contributed by atoms with E-state index in [-0.39, 0.29) is 17.7 Å². The second-order valence-electron chi connectivity index (χ2n) is 7.50. The Labute approximate surface area is 177 Å². The van der Waals surface area contributed by atoms with E-state index in [2.05, 4.69) is 20.7 Å². The summed E-state index contributed by atoms with van der Waals surface area (Å²) in [6.07, 6.45) is -0.0113. The molecule has 0 bridgehead atoms. The van der Waals surface area contributed by atoms with Gasteiger partial charge in [0.05, 0.1) is 7.11 Å². The van der Waals surface area contributed by atoms with Gasteiger partial charge in [-0.15, -0.1) is 0 Å². The molecule has 160 valence electrons. The summed E-state index contributed by atoms with van der Waals surface area (Å²) in [5.41, 5.74) is 2.89. The van der Waals surface area contributed by atoms with Gasteiger partial charge in [-0.3, -0.25) is 14.9 Å². The quantitative estimate of drug-likeness (QED) is 0.618. The van der Waals surface area contributed by atoms with E-state index in [0.717, 1.165) is 11.1 Å². The molecule has 0 fully saturated rings. The van der Waals surface area contributed by atoms with Crippen LogP contribution in [0.3, 0.4) is 0 Å². The molecule has 2 rings (SSSR count). The number of carbonyl (C=O) groups is 3. The highest BCUT2D eigenvalue weighted by atomic mass is 16.5. The highest BCUT2D eigenvalue weighted by Crippen LogP contribution is 2.12. The van der Waals surface area contributed by atoms with Crippen LogP contribution in [0.4, 0.5) is 10.5 Å². The van der Waals surface area contributed by atoms with Crippen LogP contribution in [0.1, 0.15) is 41.8 Å². The summed E-state index contributed by atoms with van der Waals surface area (Å²) in [6.45, 7) is 6.19. The molecule has 3 amide bonds. The normalized spacial score (nSPS) is 11.5. The number of amides is 3. The predicted octanol–water partition coefficient (Wildman–Crippen LogP) is 3.63. The maximum Gasteiger partial charge on any atom is 0.411 e. The third kappa shape index (κ3) is 6.92. The maximum absolute atomic E-state index is 12.8. The molecule has 0 spiro atoms. The van der Waals surface area contributed by atoms with E-state index in [1.807, 2.05) is 32.9 Å². The lowest BCUT2D eigenvalue weighted by Crippen LogP contribution is -2.47. The van der Waals surface area contributed by atoms with Gasteiger partial charge in [0.15, 0.2) is 0 Å². The fraction of sp³-hybridized carbons (Fsp3) is 0.348. The largest absolute Gasteiger partial charge is 0.453 e. The van der Waals surface area contributed by atoms with Crippen LogP contribution in [-0.2, 0) is 16.1 Å². The van der Waals surface area contributed by atoms with Crippen LogP contribution < -0.4 is 16.0 Å². The molecule has 1 unspecified atom stereocenters. The van der Waals surface area contributed by atoms with Crippen molar-refractivity contribution in [2.75, 3.05) is 12.4 Å². The lowest BCUT2D eigenvalue weighted by Gasteiger charge is -2.21. The topological polar surface area (TPSA) is 96.5 Å². The van der Waals surface area contributed by atoms with Gasteiger partial charge in [0.1, 0.15) is 6.04 Å². The molecule has 1 atom stereocenters. The van der Waals surface area contributed by atoms with Gasteiger partial charge in [-0.2, -0.15) is 0 Å². The number of hydrogen-bond acceptors (Lipinski definition) is 4. The fourth-order valence-electron chi connectivity index (χ4n) is 2.95. The molecule has 7 nitrogen and oxygen atoms in total. The first kappa shape index (κ1) is 22.9. The lowest BCUT2D eigenvalue weighted by molar-refractivity contribution is -0.123. The number of carbonyl (C=O) groups excluding carboxylic acids is 3. The highest BCUT2D eigenvalue weighted by molar-refractivity contribution is 5.98. The first-order valence-electron chi connectivity index (χ1n) is 9.88. The van der Waals surface area contributed by atoms with E-state index in [0.29, 0.717) is 24.2 Å². The number of methoxy groups -OCH3 is 1. The van der Waals surface area contributed by atoms with Crippen molar-refractivity contribution in [3.05, 3.63) is 65.2 Å². The summed E-state index contributed by atoms with van der Waals surface area (Å²) in [5.74, 6) is -0.254. The molecule has 0 aliphatic carbocycles. The van der Waals surface area contributed by atoms with Crippen LogP contribution >= 0.6 is 0 Å². The summed E-state index contributed by atoms with van der Waals surface area (Å²) < 4.78 is 4.55. The van der Waals surface area contributed by atoms with Gasteiger partial charge >= 0.3 is 6.09 Å². The molecule has 0 aliphatic rings. The number of hydrogen-bond donors (Lipinski definition) is 3. The number of rotatable bonds is 8. The summed E-state index contributed by atoms with van der Waals surface area (Å²) in [6, 6.07) is 13.7. The van der Waals surface area contributed by atoms with Gasteiger partial charge in [-0.25, -0.2) is 4.79 Å². The third-order valence-corrected chi connectivity index (χ3v) is 4.57. The van der Waals surface area contributed by atoms with Crippen molar-refractivity contribution in [1.29, 1.82) is 0 Å². The molecule has 0 saturated carbocycles. The minimum Gasteiger partial charge on any atom is -0.453 e. The van der Waals surface area contributed by atoms with Crippen LogP contribution in [0.5, 0.6) is 0 Å². The van der Waals surface area contributed by atoms with Gasteiger partial charge in [0.2, 0.25) is 5.91 Å². The fourth-order valence-corrected chi connectivity index (χ4v) is 2.95. The Morgan fingerprint density at radius 3 is 2.27 bits per heavy atom. The van der Waals surface area contributed by atoms with Crippen LogP contribution in [0.2, 0.25) is 0 Å². The predicted molar refractivity (Wildman–Crippen MR) is 116 cm³/mol. The van der Waals surface area contributed by atoms with Gasteiger partial charge < -0.3 is 15.4 Å². The van der Waals surface area contributed by atoms with Crippen LogP contribution in [0, 0.1) is 12.8 Å². The van der Waals surface area contributed by atoms with Gasteiger partial charge in [0, 0.05) is 17.8 Å². The van der Waals surface area contributed by atoms with E-state index >= 15 is 0 Å². The first-order valence-corrected chi connectivity index (χ1v) is 9.88. The summed E-state index contributed by atoms with van der Waals surface area (Å²) in [4.78, 5) is 36.6. The summed E-state index contributed by atoms with van der Waals surface area (Å²) >= 11 is 0. The lowest BCUT2D eigenvalue weighted by atomic mass is 10.0. The molecular formula is C23H29N3O4. The second kappa shape index (κ2) is 11.0. The molecule has 0 heterocycles. The van der Waals surface area contributed by atoms with Crippen molar-refractivity contribution in [2.24, 2.45) is 5.92 Å². The summed E-state index contributed by atoms with van der Waals surface area (Å²) in [7, 11) is 1.30. The van der Waals surface area contributed by atoms with E-state index in [4.69, 9.17) is 0 Å². The van der Waals surface area contributed by atoms with Gasteiger partial charge in [-0.1, -0.05) is 44.2 Å². The van der Waals surface area contributed by atoms with Gasteiger partial charge in [0.25, 0.3) is 5.91 Å². The molecule has 0 saturated heterocycles. The monoisotopic (exact) mass is 411 g/mol. The SMILES string of the molecule is COC(=O)Nc1ccc(CNC(=O)C(CC(C)C)NC(=O)c2ccccc2C)cc1. The van der Waals surface area contributed by atoms with E-state index < -0.39 is 12.1 Å². The van der Waals surface area contributed by atoms with Crippen molar-refractivity contribution in [3.8, 4) is 0 Å². The van der Waals surface area contributed by atoms with Crippen LogP contribution in [0.25, 0.3) is 0 Å². The molecule has 7 heteroatoms. The molecule has 0 radical (unpaired) electrons. The van der Waals surface area contributed by atoms with E-state index in [1.54, 1.807) is 36.4 Å². The Morgan fingerprint density at radius 2 is 1.67 bits per heavy atom. The minimum absolute atomic E-state index is 0.234.